The second kappa shape index (κ2) is 3.35. The van der Waals surface area contributed by atoms with Crippen LogP contribution in [-0.2, 0) is 9.59 Å². The number of piperidine rings is 1. The van der Waals surface area contributed by atoms with E-state index in [1.54, 1.807) is 0 Å². The molecule has 2 aliphatic rings. The summed E-state index contributed by atoms with van der Waals surface area (Å²) < 4.78 is 0. The number of fused-ring (bicyclic) bond motifs is 2. The van der Waals surface area contributed by atoms with Crippen molar-refractivity contribution in [2.45, 2.75) is 32.2 Å². The summed E-state index contributed by atoms with van der Waals surface area (Å²) in [5.41, 5.74) is 5.49. The van der Waals surface area contributed by atoms with Gasteiger partial charge in [0.15, 0.2) is 0 Å². The van der Waals surface area contributed by atoms with Gasteiger partial charge in [0.1, 0.15) is 0 Å². The van der Waals surface area contributed by atoms with Crippen molar-refractivity contribution < 1.29 is 9.59 Å². The van der Waals surface area contributed by atoms with E-state index in [0.29, 0.717) is 6.54 Å². The molecular weight excluding hydrogens is 180 g/mol. The lowest BCUT2D eigenvalue weighted by Crippen LogP contribution is -2.52. The van der Waals surface area contributed by atoms with Crippen molar-refractivity contribution in [3.63, 3.8) is 0 Å². The first kappa shape index (κ1) is 9.65. The molecule has 0 aromatic carbocycles. The van der Waals surface area contributed by atoms with Gasteiger partial charge >= 0.3 is 0 Å². The predicted octanol–water partition coefficient (Wildman–Crippen LogP) is 0.119. The van der Waals surface area contributed by atoms with Gasteiger partial charge in [-0.15, -0.1) is 0 Å². The van der Waals surface area contributed by atoms with Crippen molar-refractivity contribution in [3.05, 3.63) is 0 Å². The SMILES string of the molecule is CC(CN)N1C(=O)C2CCC(C2)C1=O. The van der Waals surface area contributed by atoms with Crippen LogP contribution in [0, 0.1) is 11.8 Å². The van der Waals surface area contributed by atoms with Gasteiger partial charge in [0.25, 0.3) is 0 Å². The van der Waals surface area contributed by atoms with Crippen LogP contribution in [0.4, 0.5) is 0 Å². The molecule has 1 aliphatic heterocycles. The first-order valence-electron chi connectivity index (χ1n) is 5.22. The summed E-state index contributed by atoms with van der Waals surface area (Å²) in [6, 6.07) is -0.140. The maximum Gasteiger partial charge on any atom is 0.232 e. The Morgan fingerprint density at radius 3 is 2.29 bits per heavy atom. The van der Waals surface area contributed by atoms with E-state index in [9.17, 15) is 9.59 Å². The molecule has 2 N–H and O–H groups in total. The van der Waals surface area contributed by atoms with E-state index >= 15 is 0 Å². The largest absolute Gasteiger partial charge is 0.328 e. The van der Waals surface area contributed by atoms with Gasteiger partial charge in [-0.25, -0.2) is 0 Å². The lowest BCUT2D eigenvalue weighted by atomic mass is 9.96. The standard InChI is InChI=1S/C10H16N2O2/c1-6(5-11)12-9(13)7-2-3-8(4-7)10(12)14/h6-8H,2-5,11H2,1H3. The molecule has 2 bridgehead atoms. The summed E-state index contributed by atoms with van der Waals surface area (Å²) >= 11 is 0. The fourth-order valence-corrected chi connectivity index (χ4v) is 2.47. The van der Waals surface area contributed by atoms with Crippen molar-refractivity contribution in [2.24, 2.45) is 17.6 Å². The molecule has 1 aliphatic carbocycles. The second-order valence-corrected chi connectivity index (χ2v) is 4.34. The van der Waals surface area contributed by atoms with Gasteiger partial charge in [-0.05, 0) is 26.2 Å². The number of rotatable bonds is 2. The van der Waals surface area contributed by atoms with E-state index in [1.807, 2.05) is 6.92 Å². The molecule has 4 heteroatoms. The zero-order chi connectivity index (χ0) is 10.3. The Balaban J connectivity index is 2.23. The lowest BCUT2D eigenvalue weighted by Gasteiger charge is -2.33. The van der Waals surface area contributed by atoms with Crippen LogP contribution in [-0.4, -0.2) is 29.3 Å². The fraction of sp³-hybridized carbons (Fsp3) is 0.800. The number of imide groups is 1. The predicted molar refractivity (Wildman–Crippen MR) is 51.2 cm³/mol. The smallest absolute Gasteiger partial charge is 0.232 e. The summed E-state index contributed by atoms with van der Waals surface area (Å²) in [6.45, 7) is 2.19. The Hall–Kier alpha value is -0.900. The summed E-state index contributed by atoms with van der Waals surface area (Å²) in [7, 11) is 0. The van der Waals surface area contributed by atoms with Gasteiger partial charge in [0.05, 0.1) is 0 Å². The topological polar surface area (TPSA) is 63.4 Å². The molecule has 2 fully saturated rings. The van der Waals surface area contributed by atoms with Crippen LogP contribution >= 0.6 is 0 Å². The summed E-state index contributed by atoms with van der Waals surface area (Å²) in [5, 5.41) is 0. The third-order valence-corrected chi connectivity index (χ3v) is 3.39. The van der Waals surface area contributed by atoms with E-state index in [1.165, 1.54) is 4.90 Å². The number of nitrogens with two attached hydrogens (primary N) is 1. The van der Waals surface area contributed by atoms with Crippen molar-refractivity contribution in [2.75, 3.05) is 6.54 Å². The molecule has 2 rings (SSSR count). The summed E-state index contributed by atoms with van der Waals surface area (Å²) in [4.78, 5) is 25.1. The third kappa shape index (κ3) is 1.25. The van der Waals surface area contributed by atoms with Crippen LogP contribution < -0.4 is 5.73 Å². The van der Waals surface area contributed by atoms with E-state index in [0.717, 1.165) is 19.3 Å². The molecule has 3 atom stereocenters. The number of hydrogen-bond donors (Lipinski definition) is 1. The highest BCUT2D eigenvalue weighted by Gasteiger charge is 2.46. The Morgan fingerprint density at radius 1 is 1.36 bits per heavy atom. The van der Waals surface area contributed by atoms with Gasteiger partial charge in [-0.2, -0.15) is 0 Å². The molecule has 1 heterocycles. The first-order chi connectivity index (χ1) is 6.65. The maximum absolute atomic E-state index is 11.8. The fourth-order valence-electron chi connectivity index (χ4n) is 2.47. The molecule has 0 spiro atoms. The molecule has 1 saturated carbocycles. The van der Waals surface area contributed by atoms with Gasteiger partial charge in [0.2, 0.25) is 11.8 Å². The van der Waals surface area contributed by atoms with Crippen LogP contribution in [0.3, 0.4) is 0 Å². The number of hydrogen-bond acceptors (Lipinski definition) is 3. The summed E-state index contributed by atoms with van der Waals surface area (Å²) in [5.74, 6) is 0.182. The quantitative estimate of drug-likeness (QED) is 0.638. The molecular formula is C10H16N2O2. The van der Waals surface area contributed by atoms with Crippen LogP contribution in [0.1, 0.15) is 26.2 Å². The average molecular weight is 196 g/mol. The highest BCUT2D eigenvalue weighted by molar-refractivity contribution is 6.01. The number of nitrogens with zero attached hydrogens (tertiary/aromatic N) is 1. The lowest BCUT2D eigenvalue weighted by molar-refractivity contribution is -0.155. The van der Waals surface area contributed by atoms with E-state index in [-0.39, 0.29) is 29.7 Å². The zero-order valence-corrected chi connectivity index (χ0v) is 8.40. The number of carbonyl (C=O) groups excluding carboxylic acids is 2. The Labute approximate surface area is 83.4 Å². The molecule has 1 saturated heterocycles. The van der Waals surface area contributed by atoms with Gasteiger partial charge < -0.3 is 5.73 Å². The van der Waals surface area contributed by atoms with E-state index < -0.39 is 0 Å². The van der Waals surface area contributed by atoms with Crippen LogP contribution in [0.25, 0.3) is 0 Å². The second-order valence-electron chi connectivity index (χ2n) is 4.34. The minimum Gasteiger partial charge on any atom is -0.328 e. The van der Waals surface area contributed by atoms with Crippen LogP contribution in [0.2, 0.25) is 0 Å². The molecule has 14 heavy (non-hydrogen) atoms. The molecule has 0 aromatic heterocycles. The van der Waals surface area contributed by atoms with Gasteiger partial charge in [-0.1, -0.05) is 0 Å². The Kier molecular flexibility index (Phi) is 2.31. The number of carbonyl (C=O) groups is 2. The van der Waals surface area contributed by atoms with E-state index in [2.05, 4.69) is 0 Å². The third-order valence-electron chi connectivity index (χ3n) is 3.39. The highest BCUT2D eigenvalue weighted by Crippen LogP contribution is 2.38. The van der Waals surface area contributed by atoms with Crippen molar-refractivity contribution in [1.29, 1.82) is 0 Å². The summed E-state index contributed by atoms with van der Waals surface area (Å²) in [6.07, 6.45) is 2.53. The van der Waals surface area contributed by atoms with Gasteiger partial charge in [-0.3, -0.25) is 14.5 Å². The molecule has 78 valence electrons. The van der Waals surface area contributed by atoms with Crippen molar-refractivity contribution >= 4 is 11.8 Å². The Morgan fingerprint density at radius 2 is 1.86 bits per heavy atom. The first-order valence-corrected chi connectivity index (χ1v) is 5.22. The molecule has 0 radical (unpaired) electrons. The number of likely N-dealkylation sites (tertiary alicyclic amines) is 1. The van der Waals surface area contributed by atoms with Crippen molar-refractivity contribution in [3.8, 4) is 0 Å². The molecule has 0 aromatic rings. The zero-order valence-electron chi connectivity index (χ0n) is 8.40. The van der Waals surface area contributed by atoms with Gasteiger partial charge in [0, 0.05) is 24.4 Å². The molecule has 2 amide bonds. The number of amides is 2. The maximum atomic E-state index is 11.8. The molecule has 4 nitrogen and oxygen atoms in total. The minimum absolute atomic E-state index is 0.00157. The minimum atomic E-state index is -0.140. The Bertz CT molecular complexity index is 255. The average Bonchev–Trinajstić information content (AvgIpc) is 2.61. The normalized spacial score (nSPS) is 33.7. The van der Waals surface area contributed by atoms with Crippen LogP contribution in [0.5, 0.6) is 0 Å². The monoisotopic (exact) mass is 196 g/mol. The van der Waals surface area contributed by atoms with Crippen molar-refractivity contribution in [1.82, 2.24) is 4.90 Å². The van der Waals surface area contributed by atoms with Crippen LogP contribution in [0.15, 0.2) is 0 Å². The van der Waals surface area contributed by atoms with E-state index in [4.69, 9.17) is 5.73 Å². The highest BCUT2D eigenvalue weighted by atomic mass is 16.2. The molecule has 3 unspecified atom stereocenters.